The van der Waals surface area contributed by atoms with Crippen molar-refractivity contribution < 1.29 is 0 Å². The van der Waals surface area contributed by atoms with Crippen molar-refractivity contribution in [2.45, 2.75) is 47.1 Å². The third kappa shape index (κ3) is 4.59. The molecular weight excluding hydrogens is 322 g/mol. The monoisotopic (exact) mass is 351 g/mol. The summed E-state index contributed by atoms with van der Waals surface area (Å²) in [5.41, 5.74) is 3.24. The molecule has 26 heavy (non-hydrogen) atoms. The van der Waals surface area contributed by atoms with Crippen molar-refractivity contribution in [3.8, 4) is 11.1 Å². The van der Waals surface area contributed by atoms with Crippen LogP contribution in [0.3, 0.4) is 0 Å². The Balaban J connectivity index is 1.83. The molecule has 0 bridgehead atoms. The summed E-state index contributed by atoms with van der Waals surface area (Å²) in [5.74, 6) is 2.26. The van der Waals surface area contributed by atoms with Gasteiger partial charge < -0.3 is 5.32 Å². The number of hydrogen-bond donors (Lipinski definition) is 1. The first kappa shape index (κ1) is 18.4. The van der Waals surface area contributed by atoms with Crippen LogP contribution in [-0.4, -0.2) is 26.3 Å². The maximum Gasteiger partial charge on any atom is 0.137 e. The van der Waals surface area contributed by atoms with Crippen LogP contribution in [0.2, 0.25) is 0 Å². The smallest absolute Gasteiger partial charge is 0.137 e. The zero-order valence-corrected chi connectivity index (χ0v) is 16.2. The Hall–Kier alpha value is -2.43. The van der Waals surface area contributed by atoms with Gasteiger partial charge in [-0.25, -0.2) is 9.97 Å². The van der Waals surface area contributed by atoms with Crippen LogP contribution in [0.4, 0.5) is 5.82 Å². The van der Waals surface area contributed by atoms with E-state index in [1.807, 2.05) is 10.9 Å². The zero-order valence-electron chi connectivity index (χ0n) is 16.2. The van der Waals surface area contributed by atoms with Gasteiger partial charge >= 0.3 is 0 Å². The van der Waals surface area contributed by atoms with Gasteiger partial charge in [0.25, 0.3) is 0 Å². The molecule has 0 fully saturated rings. The van der Waals surface area contributed by atoms with Crippen LogP contribution in [0.1, 0.15) is 40.5 Å². The van der Waals surface area contributed by atoms with Gasteiger partial charge in [-0.1, -0.05) is 33.8 Å². The molecule has 5 heteroatoms. The highest BCUT2D eigenvalue weighted by atomic mass is 15.3. The first-order chi connectivity index (χ1) is 12.5. The molecule has 0 unspecified atom stereocenters. The maximum absolute atomic E-state index is 4.51. The summed E-state index contributed by atoms with van der Waals surface area (Å²) in [6, 6.07) is 6.33. The fourth-order valence-electron chi connectivity index (χ4n) is 2.88. The van der Waals surface area contributed by atoms with Crippen molar-refractivity contribution in [2.24, 2.45) is 11.8 Å². The van der Waals surface area contributed by atoms with Gasteiger partial charge in [-0.3, -0.25) is 4.68 Å². The molecule has 0 saturated heterocycles. The highest BCUT2D eigenvalue weighted by Crippen LogP contribution is 2.27. The highest BCUT2D eigenvalue weighted by Gasteiger charge is 2.08. The predicted octanol–water partition coefficient (Wildman–Crippen LogP) is 5.00. The van der Waals surface area contributed by atoms with E-state index in [-0.39, 0.29) is 0 Å². The van der Waals surface area contributed by atoms with Gasteiger partial charge in [-0.05, 0) is 42.4 Å². The molecule has 0 saturated carbocycles. The van der Waals surface area contributed by atoms with Crippen LogP contribution >= 0.6 is 0 Å². The zero-order chi connectivity index (χ0) is 18.5. The largest absolute Gasteiger partial charge is 0.369 e. The number of nitrogens with zero attached hydrogens (tertiary/aromatic N) is 4. The van der Waals surface area contributed by atoms with Gasteiger partial charge in [-0.15, -0.1) is 0 Å². The minimum atomic E-state index is 0.669. The summed E-state index contributed by atoms with van der Waals surface area (Å²) in [6.07, 6.45) is 7.95. The second kappa shape index (κ2) is 8.30. The van der Waals surface area contributed by atoms with E-state index < -0.39 is 0 Å². The Morgan fingerprint density at radius 3 is 2.58 bits per heavy atom. The van der Waals surface area contributed by atoms with Crippen molar-refractivity contribution >= 4 is 16.7 Å². The van der Waals surface area contributed by atoms with Gasteiger partial charge in [0.05, 0.1) is 11.7 Å². The van der Waals surface area contributed by atoms with Gasteiger partial charge in [0.2, 0.25) is 0 Å². The molecule has 1 aromatic carbocycles. The second-order valence-electron chi connectivity index (χ2n) is 7.74. The summed E-state index contributed by atoms with van der Waals surface area (Å²) >= 11 is 0. The Morgan fingerprint density at radius 1 is 1.00 bits per heavy atom. The average Bonchev–Trinajstić information content (AvgIpc) is 3.08. The van der Waals surface area contributed by atoms with Crippen LogP contribution in [0.15, 0.2) is 36.9 Å². The summed E-state index contributed by atoms with van der Waals surface area (Å²) in [6.45, 7) is 10.8. The molecule has 2 aromatic heterocycles. The van der Waals surface area contributed by atoms with Crippen molar-refractivity contribution in [1.29, 1.82) is 0 Å². The molecule has 0 radical (unpaired) electrons. The lowest BCUT2D eigenvalue weighted by Gasteiger charge is -2.10. The number of nitrogens with one attached hydrogen (secondary N) is 1. The van der Waals surface area contributed by atoms with E-state index in [4.69, 9.17) is 0 Å². The van der Waals surface area contributed by atoms with E-state index in [0.717, 1.165) is 53.8 Å². The first-order valence-corrected chi connectivity index (χ1v) is 9.54. The standard InChI is InChI=1S/C21H29N5/c1-15(2)7-9-22-21-19-11-17(5-6-20(19)23-14-24-21)18-12-25-26(13-18)10-8-16(3)4/h5-6,11-16H,7-10H2,1-4H3,(H,22,23,24). The SMILES string of the molecule is CC(C)CCNc1ncnc2ccc(-c3cnn(CCC(C)C)c3)cc12. The summed E-state index contributed by atoms with van der Waals surface area (Å²) < 4.78 is 2.03. The molecular formula is C21H29N5. The van der Waals surface area contributed by atoms with E-state index in [1.54, 1.807) is 6.33 Å². The normalized spacial score (nSPS) is 11.6. The van der Waals surface area contributed by atoms with Gasteiger partial charge in [0, 0.05) is 30.2 Å². The molecule has 0 aliphatic heterocycles. The van der Waals surface area contributed by atoms with E-state index >= 15 is 0 Å². The van der Waals surface area contributed by atoms with Crippen molar-refractivity contribution in [3.63, 3.8) is 0 Å². The molecule has 3 rings (SSSR count). The second-order valence-corrected chi connectivity index (χ2v) is 7.74. The lowest BCUT2D eigenvalue weighted by molar-refractivity contribution is 0.487. The fourth-order valence-corrected chi connectivity index (χ4v) is 2.88. The Labute approximate surface area is 155 Å². The molecule has 0 aliphatic carbocycles. The average molecular weight is 351 g/mol. The van der Waals surface area contributed by atoms with Gasteiger partial charge in [0.15, 0.2) is 0 Å². The number of anilines is 1. The molecule has 138 valence electrons. The van der Waals surface area contributed by atoms with Crippen LogP contribution in [-0.2, 0) is 6.54 Å². The maximum atomic E-state index is 4.51. The number of benzene rings is 1. The van der Waals surface area contributed by atoms with Crippen LogP contribution < -0.4 is 5.32 Å². The Morgan fingerprint density at radius 2 is 1.81 bits per heavy atom. The molecule has 0 amide bonds. The summed E-state index contributed by atoms with van der Waals surface area (Å²) in [7, 11) is 0. The minimum absolute atomic E-state index is 0.669. The van der Waals surface area contributed by atoms with Gasteiger partial charge in [0.1, 0.15) is 12.1 Å². The molecule has 0 aliphatic rings. The lowest BCUT2D eigenvalue weighted by atomic mass is 10.1. The fraction of sp³-hybridized carbons (Fsp3) is 0.476. The number of aryl methyl sites for hydroxylation is 1. The molecule has 2 heterocycles. The third-order valence-electron chi connectivity index (χ3n) is 4.55. The van der Waals surface area contributed by atoms with E-state index in [1.165, 1.54) is 0 Å². The topological polar surface area (TPSA) is 55.6 Å². The quantitative estimate of drug-likeness (QED) is 0.620. The Bertz CT molecular complexity index is 850. The molecule has 3 aromatic rings. The third-order valence-corrected chi connectivity index (χ3v) is 4.55. The number of hydrogen-bond acceptors (Lipinski definition) is 4. The highest BCUT2D eigenvalue weighted by molar-refractivity contribution is 5.92. The predicted molar refractivity (Wildman–Crippen MR) is 108 cm³/mol. The van der Waals surface area contributed by atoms with Crippen LogP contribution in [0.25, 0.3) is 22.0 Å². The molecule has 0 spiro atoms. The van der Waals surface area contributed by atoms with Gasteiger partial charge in [-0.2, -0.15) is 5.10 Å². The van der Waals surface area contributed by atoms with E-state index in [2.05, 4.69) is 72.5 Å². The summed E-state index contributed by atoms with van der Waals surface area (Å²) in [4.78, 5) is 8.85. The van der Waals surface area contributed by atoms with Crippen LogP contribution in [0, 0.1) is 11.8 Å². The number of rotatable bonds is 8. The molecule has 0 atom stereocenters. The lowest BCUT2D eigenvalue weighted by Crippen LogP contribution is -2.06. The summed E-state index contributed by atoms with van der Waals surface area (Å²) in [5, 5.41) is 9.03. The number of aromatic nitrogens is 4. The minimum Gasteiger partial charge on any atom is -0.369 e. The van der Waals surface area contributed by atoms with E-state index in [0.29, 0.717) is 11.8 Å². The van der Waals surface area contributed by atoms with Crippen molar-refractivity contribution in [3.05, 3.63) is 36.9 Å². The number of fused-ring (bicyclic) bond motifs is 1. The Kier molecular flexibility index (Phi) is 5.86. The van der Waals surface area contributed by atoms with E-state index in [9.17, 15) is 0 Å². The van der Waals surface area contributed by atoms with Crippen LogP contribution in [0.5, 0.6) is 0 Å². The van der Waals surface area contributed by atoms with Crippen molar-refractivity contribution in [2.75, 3.05) is 11.9 Å². The van der Waals surface area contributed by atoms with Crippen molar-refractivity contribution in [1.82, 2.24) is 19.7 Å². The molecule has 5 nitrogen and oxygen atoms in total. The molecule has 1 N–H and O–H groups in total. The first-order valence-electron chi connectivity index (χ1n) is 9.54.